The lowest BCUT2D eigenvalue weighted by molar-refractivity contribution is 0.0828. The third-order valence-corrected chi connectivity index (χ3v) is 3.52. The maximum Gasteiger partial charge on any atom is 0.257 e. The Balaban J connectivity index is 2.21. The molecular weight excluding hydrogens is 293 g/mol. The normalized spacial score (nSPS) is 10.6. The van der Waals surface area contributed by atoms with E-state index < -0.39 is 0 Å². The highest BCUT2D eigenvalue weighted by Gasteiger charge is 2.21. The Morgan fingerprint density at radius 2 is 1.70 bits per heavy atom. The maximum atomic E-state index is 13.2. The lowest BCUT2D eigenvalue weighted by Gasteiger charge is -2.13. The van der Waals surface area contributed by atoms with E-state index in [-0.39, 0.29) is 11.7 Å². The maximum absolute atomic E-state index is 13.2. The summed E-state index contributed by atoms with van der Waals surface area (Å²) in [6.07, 6.45) is 1.55. The molecule has 0 saturated carbocycles. The second-order valence-corrected chi connectivity index (χ2v) is 5.36. The minimum atomic E-state index is -0.313. The molecule has 116 valence electrons. The van der Waals surface area contributed by atoms with Crippen LogP contribution in [0.15, 0.2) is 60.8 Å². The number of halogens is 1. The third kappa shape index (κ3) is 2.85. The van der Waals surface area contributed by atoms with Crippen LogP contribution >= 0.6 is 0 Å². The van der Waals surface area contributed by atoms with E-state index >= 15 is 0 Å². The van der Waals surface area contributed by atoms with Gasteiger partial charge in [0.15, 0.2) is 0 Å². The molecule has 1 amide bonds. The fourth-order valence-corrected chi connectivity index (χ4v) is 2.40. The number of carbonyl (C=O) groups excluding carboxylic acids is 1. The second kappa shape index (κ2) is 6.04. The molecule has 1 aromatic heterocycles. The van der Waals surface area contributed by atoms with Gasteiger partial charge in [-0.3, -0.25) is 4.79 Å². The summed E-state index contributed by atoms with van der Waals surface area (Å²) in [6.45, 7) is 0. The molecule has 0 fully saturated rings. The van der Waals surface area contributed by atoms with Gasteiger partial charge in [-0.15, -0.1) is 0 Å². The standard InChI is InChI=1S/C18H16FN3O/c1-21(2)18(23)16-12-20-22(15-10-8-14(19)9-11-15)17(16)13-6-4-3-5-7-13/h3-12H,1-2H3. The van der Waals surface area contributed by atoms with Gasteiger partial charge in [0.05, 0.1) is 23.1 Å². The predicted octanol–water partition coefficient (Wildman–Crippen LogP) is 3.38. The van der Waals surface area contributed by atoms with Crippen LogP contribution in [0.2, 0.25) is 0 Å². The van der Waals surface area contributed by atoms with Crippen molar-refractivity contribution in [1.29, 1.82) is 0 Å². The van der Waals surface area contributed by atoms with E-state index in [0.717, 1.165) is 5.56 Å². The highest BCUT2D eigenvalue weighted by Crippen LogP contribution is 2.27. The minimum Gasteiger partial charge on any atom is -0.345 e. The summed E-state index contributed by atoms with van der Waals surface area (Å²) in [6, 6.07) is 15.6. The predicted molar refractivity (Wildman–Crippen MR) is 87.0 cm³/mol. The third-order valence-electron chi connectivity index (χ3n) is 3.52. The summed E-state index contributed by atoms with van der Waals surface area (Å²) in [5.74, 6) is -0.441. The highest BCUT2D eigenvalue weighted by atomic mass is 19.1. The summed E-state index contributed by atoms with van der Waals surface area (Å²) in [7, 11) is 3.40. The van der Waals surface area contributed by atoms with Crippen LogP contribution in [0.3, 0.4) is 0 Å². The quantitative estimate of drug-likeness (QED) is 0.744. The molecule has 0 radical (unpaired) electrons. The van der Waals surface area contributed by atoms with Gasteiger partial charge in [-0.25, -0.2) is 9.07 Å². The fraction of sp³-hybridized carbons (Fsp3) is 0.111. The first-order valence-electron chi connectivity index (χ1n) is 7.19. The van der Waals surface area contributed by atoms with Crippen LogP contribution in [0.25, 0.3) is 16.9 Å². The minimum absolute atomic E-state index is 0.128. The summed E-state index contributed by atoms with van der Waals surface area (Å²) in [5, 5.41) is 4.34. The average molecular weight is 309 g/mol. The molecular formula is C18H16FN3O. The number of aromatic nitrogens is 2. The van der Waals surface area contributed by atoms with E-state index in [1.165, 1.54) is 17.0 Å². The Bertz CT molecular complexity index is 823. The molecule has 5 heteroatoms. The summed E-state index contributed by atoms with van der Waals surface area (Å²) in [5.41, 5.74) is 2.77. The lowest BCUT2D eigenvalue weighted by atomic mass is 10.1. The van der Waals surface area contributed by atoms with Gasteiger partial charge in [0, 0.05) is 19.7 Å². The van der Waals surface area contributed by atoms with Crippen LogP contribution < -0.4 is 0 Å². The smallest absolute Gasteiger partial charge is 0.257 e. The fourth-order valence-electron chi connectivity index (χ4n) is 2.40. The van der Waals surface area contributed by atoms with E-state index in [1.807, 2.05) is 30.3 Å². The molecule has 23 heavy (non-hydrogen) atoms. The largest absolute Gasteiger partial charge is 0.345 e. The Kier molecular flexibility index (Phi) is 3.93. The summed E-state index contributed by atoms with van der Waals surface area (Å²) in [4.78, 5) is 14.0. The van der Waals surface area contributed by atoms with Crippen molar-refractivity contribution in [3.8, 4) is 16.9 Å². The zero-order valence-corrected chi connectivity index (χ0v) is 12.9. The van der Waals surface area contributed by atoms with Crippen LogP contribution in [0, 0.1) is 5.82 Å². The zero-order chi connectivity index (χ0) is 16.4. The van der Waals surface area contributed by atoms with Crippen molar-refractivity contribution in [3.63, 3.8) is 0 Å². The van der Waals surface area contributed by atoms with Crippen molar-refractivity contribution < 1.29 is 9.18 Å². The van der Waals surface area contributed by atoms with Crippen molar-refractivity contribution in [2.45, 2.75) is 0 Å². The van der Waals surface area contributed by atoms with E-state index in [4.69, 9.17) is 0 Å². The van der Waals surface area contributed by atoms with Crippen LogP contribution in [0.5, 0.6) is 0 Å². The van der Waals surface area contributed by atoms with E-state index in [0.29, 0.717) is 16.9 Å². The summed E-state index contributed by atoms with van der Waals surface area (Å²) < 4.78 is 14.8. The number of benzene rings is 2. The van der Waals surface area contributed by atoms with Crippen LogP contribution in [0.1, 0.15) is 10.4 Å². The van der Waals surface area contributed by atoms with Crippen LogP contribution in [-0.2, 0) is 0 Å². The first kappa shape index (κ1) is 15.0. The molecule has 0 unspecified atom stereocenters. The van der Waals surface area contributed by atoms with Gasteiger partial charge in [-0.2, -0.15) is 5.10 Å². The summed E-state index contributed by atoms with van der Waals surface area (Å²) >= 11 is 0. The van der Waals surface area contributed by atoms with Crippen molar-refractivity contribution in [1.82, 2.24) is 14.7 Å². The van der Waals surface area contributed by atoms with Gasteiger partial charge in [-0.05, 0) is 24.3 Å². The first-order valence-corrected chi connectivity index (χ1v) is 7.19. The van der Waals surface area contributed by atoms with Gasteiger partial charge < -0.3 is 4.90 Å². The highest BCUT2D eigenvalue weighted by molar-refractivity contribution is 6.00. The Morgan fingerprint density at radius 1 is 1.04 bits per heavy atom. The number of amides is 1. The van der Waals surface area contributed by atoms with Gasteiger partial charge in [0.2, 0.25) is 0 Å². The molecule has 0 aliphatic carbocycles. The number of carbonyl (C=O) groups is 1. The van der Waals surface area contributed by atoms with Crippen molar-refractivity contribution >= 4 is 5.91 Å². The Morgan fingerprint density at radius 3 is 2.30 bits per heavy atom. The molecule has 3 aromatic rings. The monoisotopic (exact) mass is 309 g/mol. The van der Waals surface area contributed by atoms with Gasteiger partial charge in [-0.1, -0.05) is 30.3 Å². The number of hydrogen-bond donors (Lipinski definition) is 0. The first-order chi connectivity index (χ1) is 11.1. The number of rotatable bonds is 3. The topological polar surface area (TPSA) is 38.1 Å². The molecule has 0 bridgehead atoms. The number of hydrogen-bond acceptors (Lipinski definition) is 2. The van der Waals surface area contributed by atoms with E-state index in [1.54, 1.807) is 37.1 Å². The van der Waals surface area contributed by atoms with Crippen LogP contribution in [-0.4, -0.2) is 34.7 Å². The lowest BCUT2D eigenvalue weighted by Crippen LogP contribution is -2.22. The molecule has 0 aliphatic rings. The molecule has 2 aromatic carbocycles. The molecule has 4 nitrogen and oxygen atoms in total. The number of nitrogens with zero attached hydrogens (tertiary/aromatic N) is 3. The van der Waals surface area contributed by atoms with Crippen LogP contribution in [0.4, 0.5) is 4.39 Å². The van der Waals surface area contributed by atoms with Gasteiger partial charge in [0.1, 0.15) is 5.82 Å². The molecule has 3 rings (SSSR count). The molecule has 0 saturated heterocycles. The molecule has 1 heterocycles. The van der Waals surface area contributed by atoms with Crippen molar-refractivity contribution in [2.24, 2.45) is 0 Å². The van der Waals surface area contributed by atoms with E-state index in [2.05, 4.69) is 5.10 Å². The zero-order valence-electron chi connectivity index (χ0n) is 12.9. The Labute approximate surface area is 133 Å². The second-order valence-electron chi connectivity index (χ2n) is 5.36. The SMILES string of the molecule is CN(C)C(=O)c1cnn(-c2ccc(F)cc2)c1-c1ccccc1. The molecule has 0 atom stereocenters. The van der Waals surface area contributed by atoms with Gasteiger partial charge in [0.25, 0.3) is 5.91 Å². The van der Waals surface area contributed by atoms with Crippen molar-refractivity contribution in [2.75, 3.05) is 14.1 Å². The molecule has 0 N–H and O–H groups in total. The molecule has 0 spiro atoms. The Hall–Kier alpha value is -2.95. The van der Waals surface area contributed by atoms with Crippen molar-refractivity contribution in [3.05, 3.63) is 72.2 Å². The molecule has 0 aliphatic heterocycles. The van der Waals surface area contributed by atoms with E-state index in [9.17, 15) is 9.18 Å². The average Bonchev–Trinajstić information content (AvgIpc) is 3.00. The van der Waals surface area contributed by atoms with Gasteiger partial charge >= 0.3 is 0 Å².